The maximum atomic E-state index is 11.8. The number of nitrogens with one attached hydrogen (secondary N) is 1. The highest BCUT2D eigenvalue weighted by Gasteiger charge is 2.08. The number of hydrogen-bond acceptors (Lipinski definition) is 6. The maximum Gasteiger partial charge on any atom is 0.264 e. The number of ether oxygens (including phenoxy) is 1. The Morgan fingerprint density at radius 3 is 2.82 bits per heavy atom. The highest BCUT2D eigenvalue weighted by molar-refractivity contribution is 8.00. The molecule has 1 N–H and O–H groups in total. The fourth-order valence-corrected chi connectivity index (χ4v) is 3.09. The Labute approximate surface area is 135 Å². The molecule has 112 valence electrons. The molecular weight excluding hydrogens is 318 g/mol. The number of thioether (sulfide) groups is 1. The quantitative estimate of drug-likeness (QED) is 0.573. The van der Waals surface area contributed by atoms with Gasteiger partial charge in [-0.3, -0.25) is 10.1 Å². The van der Waals surface area contributed by atoms with Crippen molar-refractivity contribution in [2.45, 2.75) is 4.34 Å². The molecule has 0 radical (unpaired) electrons. The highest BCUT2D eigenvalue weighted by Crippen LogP contribution is 2.23. The van der Waals surface area contributed by atoms with Crippen molar-refractivity contribution in [2.75, 3.05) is 18.2 Å². The van der Waals surface area contributed by atoms with Crippen LogP contribution < -0.4 is 10.1 Å². The fourth-order valence-electron chi connectivity index (χ4n) is 1.90. The molecule has 0 saturated carbocycles. The second kappa shape index (κ2) is 6.76. The molecule has 22 heavy (non-hydrogen) atoms. The first-order valence-corrected chi connectivity index (χ1v) is 8.57. The fraction of sp³-hybridized carbons (Fsp3) is 0.133. The predicted octanol–water partition coefficient (Wildman–Crippen LogP) is 3.43. The predicted molar refractivity (Wildman–Crippen MR) is 89.8 cm³/mol. The number of benzene rings is 2. The van der Waals surface area contributed by atoms with E-state index in [1.807, 2.05) is 48.7 Å². The van der Waals surface area contributed by atoms with E-state index in [0.29, 0.717) is 10.9 Å². The molecule has 0 spiro atoms. The first kappa shape index (κ1) is 14.8. The molecule has 3 aromatic rings. The van der Waals surface area contributed by atoms with Crippen LogP contribution in [0.3, 0.4) is 0 Å². The molecule has 0 aliphatic carbocycles. The molecule has 0 aliphatic rings. The standard InChI is InChI=1S/C15H13N3O2S2/c1-21-15-18-17-14(22-15)16-13(19)9-20-12-7-6-10-4-2-3-5-11(10)8-12/h2-8H,9H2,1H3,(H,16,17,19). The number of carbonyl (C=O) groups is 1. The van der Waals surface area contributed by atoms with Gasteiger partial charge in [0.15, 0.2) is 10.9 Å². The Hall–Kier alpha value is -2.12. The molecule has 3 rings (SSSR count). The van der Waals surface area contributed by atoms with E-state index in [2.05, 4.69) is 15.5 Å². The molecule has 0 aliphatic heterocycles. The average Bonchev–Trinajstić information content (AvgIpc) is 3.00. The third-order valence-corrected chi connectivity index (χ3v) is 4.73. The summed E-state index contributed by atoms with van der Waals surface area (Å²) in [5, 5.41) is 13.2. The van der Waals surface area contributed by atoms with E-state index in [4.69, 9.17) is 4.74 Å². The monoisotopic (exact) mass is 331 g/mol. The third kappa shape index (κ3) is 3.55. The number of aromatic nitrogens is 2. The van der Waals surface area contributed by atoms with E-state index in [9.17, 15) is 4.79 Å². The first-order chi connectivity index (χ1) is 10.7. The molecule has 1 amide bonds. The van der Waals surface area contributed by atoms with Crippen molar-refractivity contribution in [3.8, 4) is 5.75 Å². The summed E-state index contributed by atoms with van der Waals surface area (Å²) in [5.74, 6) is 0.410. The van der Waals surface area contributed by atoms with Gasteiger partial charge in [-0.1, -0.05) is 53.4 Å². The van der Waals surface area contributed by atoms with E-state index >= 15 is 0 Å². The summed E-state index contributed by atoms with van der Waals surface area (Å²) in [7, 11) is 0. The van der Waals surface area contributed by atoms with Crippen LogP contribution in [0.15, 0.2) is 46.8 Å². The minimum atomic E-state index is -0.253. The summed E-state index contributed by atoms with van der Waals surface area (Å²) >= 11 is 2.83. The van der Waals surface area contributed by atoms with Gasteiger partial charge in [-0.2, -0.15) is 0 Å². The molecule has 7 heteroatoms. The largest absolute Gasteiger partial charge is 0.484 e. The highest BCUT2D eigenvalue weighted by atomic mass is 32.2. The lowest BCUT2D eigenvalue weighted by Crippen LogP contribution is -2.20. The molecule has 0 atom stereocenters. The van der Waals surface area contributed by atoms with Gasteiger partial charge in [-0.15, -0.1) is 10.2 Å². The minimum absolute atomic E-state index is 0.0630. The Bertz CT molecular complexity index is 804. The first-order valence-electron chi connectivity index (χ1n) is 6.53. The van der Waals surface area contributed by atoms with Crippen LogP contribution in [0.25, 0.3) is 10.8 Å². The van der Waals surface area contributed by atoms with Gasteiger partial charge in [0.2, 0.25) is 5.13 Å². The van der Waals surface area contributed by atoms with Gasteiger partial charge in [0.25, 0.3) is 5.91 Å². The van der Waals surface area contributed by atoms with Crippen molar-refractivity contribution in [3.63, 3.8) is 0 Å². The topological polar surface area (TPSA) is 64.1 Å². The van der Waals surface area contributed by atoms with Gasteiger partial charge < -0.3 is 4.74 Å². The second-order valence-corrected chi connectivity index (χ2v) is 6.45. The van der Waals surface area contributed by atoms with Crippen LogP contribution in [-0.4, -0.2) is 29.0 Å². The molecule has 2 aromatic carbocycles. The van der Waals surface area contributed by atoms with Crippen LogP contribution in [0.5, 0.6) is 5.75 Å². The smallest absolute Gasteiger partial charge is 0.264 e. The number of nitrogens with zero attached hydrogens (tertiary/aromatic N) is 2. The molecular formula is C15H13N3O2S2. The Morgan fingerprint density at radius 1 is 1.23 bits per heavy atom. The van der Waals surface area contributed by atoms with Gasteiger partial charge in [-0.25, -0.2) is 0 Å². The van der Waals surface area contributed by atoms with E-state index in [-0.39, 0.29) is 12.5 Å². The Morgan fingerprint density at radius 2 is 2.05 bits per heavy atom. The second-order valence-electron chi connectivity index (χ2n) is 4.42. The number of rotatable bonds is 5. The lowest BCUT2D eigenvalue weighted by atomic mass is 10.1. The summed E-state index contributed by atoms with van der Waals surface area (Å²) in [4.78, 5) is 11.8. The summed E-state index contributed by atoms with van der Waals surface area (Å²) in [6.07, 6.45) is 1.91. The van der Waals surface area contributed by atoms with E-state index in [1.165, 1.54) is 23.1 Å². The van der Waals surface area contributed by atoms with Gasteiger partial charge in [0.1, 0.15) is 5.75 Å². The molecule has 0 bridgehead atoms. The van der Waals surface area contributed by atoms with E-state index in [1.54, 1.807) is 0 Å². The third-order valence-electron chi connectivity index (χ3n) is 2.92. The SMILES string of the molecule is CSc1nnc(NC(=O)COc2ccc3ccccc3c2)s1. The average molecular weight is 331 g/mol. The summed E-state index contributed by atoms with van der Waals surface area (Å²) in [5.41, 5.74) is 0. The van der Waals surface area contributed by atoms with Crippen molar-refractivity contribution in [3.05, 3.63) is 42.5 Å². The van der Waals surface area contributed by atoms with Gasteiger partial charge in [0.05, 0.1) is 0 Å². The zero-order valence-electron chi connectivity index (χ0n) is 11.8. The van der Waals surface area contributed by atoms with E-state index < -0.39 is 0 Å². The molecule has 1 heterocycles. The van der Waals surface area contributed by atoms with Crippen LogP contribution in [0, 0.1) is 0 Å². The van der Waals surface area contributed by atoms with Gasteiger partial charge in [0, 0.05) is 0 Å². The van der Waals surface area contributed by atoms with Gasteiger partial charge in [-0.05, 0) is 29.2 Å². The van der Waals surface area contributed by atoms with Crippen LogP contribution >= 0.6 is 23.1 Å². The summed E-state index contributed by atoms with van der Waals surface area (Å²) in [6, 6.07) is 13.7. The lowest BCUT2D eigenvalue weighted by Gasteiger charge is -2.06. The van der Waals surface area contributed by atoms with Crippen molar-refractivity contribution >= 4 is 44.9 Å². The number of hydrogen-bond donors (Lipinski definition) is 1. The normalized spacial score (nSPS) is 10.6. The maximum absolute atomic E-state index is 11.8. The summed E-state index contributed by atoms with van der Waals surface area (Å²) < 4.78 is 6.33. The van der Waals surface area contributed by atoms with Crippen LogP contribution in [0.2, 0.25) is 0 Å². The lowest BCUT2D eigenvalue weighted by molar-refractivity contribution is -0.118. The van der Waals surface area contributed by atoms with Gasteiger partial charge >= 0.3 is 0 Å². The van der Waals surface area contributed by atoms with Crippen molar-refractivity contribution in [1.82, 2.24) is 10.2 Å². The van der Waals surface area contributed by atoms with Crippen molar-refractivity contribution in [1.29, 1.82) is 0 Å². The molecule has 0 unspecified atom stereocenters. The molecule has 5 nitrogen and oxygen atoms in total. The number of anilines is 1. The molecule has 0 fully saturated rings. The number of carbonyl (C=O) groups excluding carboxylic acids is 1. The number of fused-ring (bicyclic) bond motifs is 1. The van der Waals surface area contributed by atoms with Crippen molar-refractivity contribution in [2.24, 2.45) is 0 Å². The van der Waals surface area contributed by atoms with Crippen LogP contribution in [0.1, 0.15) is 0 Å². The minimum Gasteiger partial charge on any atom is -0.484 e. The zero-order valence-corrected chi connectivity index (χ0v) is 13.4. The molecule has 1 aromatic heterocycles. The molecule has 0 saturated heterocycles. The van der Waals surface area contributed by atoms with Crippen molar-refractivity contribution < 1.29 is 9.53 Å². The zero-order chi connectivity index (χ0) is 15.4. The van der Waals surface area contributed by atoms with Crippen LogP contribution in [-0.2, 0) is 4.79 Å². The summed E-state index contributed by atoms with van der Waals surface area (Å²) in [6.45, 7) is -0.0630. The number of amides is 1. The van der Waals surface area contributed by atoms with E-state index in [0.717, 1.165) is 15.1 Å². The Kier molecular flexibility index (Phi) is 4.55. The Balaban J connectivity index is 1.59. The van der Waals surface area contributed by atoms with Crippen LogP contribution in [0.4, 0.5) is 5.13 Å².